The number of amides is 1. The van der Waals surface area contributed by atoms with Gasteiger partial charge in [0.15, 0.2) is 11.5 Å². The van der Waals surface area contributed by atoms with Gasteiger partial charge in [-0.05, 0) is 73.0 Å². The number of hydrogen-bond acceptors (Lipinski definition) is 5. The third-order valence-electron chi connectivity index (χ3n) is 5.82. The van der Waals surface area contributed by atoms with Gasteiger partial charge in [0, 0.05) is 5.02 Å². The second-order valence-electron chi connectivity index (χ2n) is 8.45. The van der Waals surface area contributed by atoms with Crippen LogP contribution in [-0.2, 0) is 11.2 Å². The maximum absolute atomic E-state index is 13.6. The highest BCUT2D eigenvalue weighted by molar-refractivity contribution is 6.30. The average molecular weight is 496 g/mol. The van der Waals surface area contributed by atoms with Crippen LogP contribution in [0.5, 0.6) is 17.2 Å². The van der Waals surface area contributed by atoms with Crippen molar-refractivity contribution >= 4 is 29.2 Å². The molecule has 1 amide bonds. The highest BCUT2D eigenvalue weighted by Crippen LogP contribution is 2.45. The predicted molar refractivity (Wildman–Crippen MR) is 133 cm³/mol. The third kappa shape index (κ3) is 4.77. The Morgan fingerprint density at radius 1 is 1.00 bits per heavy atom. The van der Waals surface area contributed by atoms with Crippen LogP contribution in [0.15, 0.2) is 54.6 Å². The first-order valence-corrected chi connectivity index (χ1v) is 11.5. The van der Waals surface area contributed by atoms with Crippen molar-refractivity contribution in [2.75, 3.05) is 19.1 Å². The van der Waals surface area contributed by atoms with Crippen molar-refractivity contribution in [1.82, 2.24) is 0 Å². The smallest absolute Gasteiger partial charge is 0.335 e. The molecule has 0 radical (unpaired) electrons. The van der Waals surface area contributed by atoms with E-state index in [0.29, 0.717) is 22.2 Å². The molecule has 0 saturated heterocycles. The molecule has 182 valence electrons. The van der Waals surface area contributed by atoms with Crippen LogP contribution in [0.1, 0.15) is 46.9 Å². The van der Waals surface area contributed by atoms with Crippen molar-refractivity contribution in [3.8, 4) is 17.2 Å². The summed E-state index contributed by atoms with van der Waals surface area (Å²) in [5.74, 6) is 0.160. The van der Waals surface area contributed by atoms with Gasteiger partial charge in [-0.3, -0.25) is 9.69 Å². The summed E-state index contributed by atoms with van der Waals surface area (Å²) in [6, 6.07) is 15.0. The molecule has 0 aliphatic carbocycles. The van der Waals surface area contributed by atoms with E-state index in [-0.39, 0.29) is 29.7 Å². The Morgan fingerprint density at radius 3 is 2.29 bits per heavy atom. The van der Waals surface area contributed by atoms with Crippen molar-refractivity contribution in [1.29, 1.82) is 0 Å². The van der Waals surface area contributed by atoms with Gasteiger partial charge in [0.05, 0.1) is 44.0 Å². The highest BCUT2D eigenvalue weighted by atomic mass is 35.5. The minimum atomic E-state index is -1.08. The summed E-state index contributed by atoms with van der Waals surface area (Å²) in [6.07, 6.45) is 0.0441. The van der Waals surface area contributed by atoms with E-state index >= 15 is 0 Å². The van der Waals surface area contributed by atoms with Crippen molar-refractivity contribution in [2.45, 2.75) is 32.4 Å². The molecule has 4 rings (SSSR count). The first-order chi connectivity index (χ1) is 16.7. The molecule has 1 heterocycles. The molecule has 0 fully saturated rings. The number of benzene rings is 3. The summed E-state index contributed by atoms with van der Waals surface area (Å²) in [7, 11) is 3.01. The maximum atomic E-state index is 13.6. The number of rotatable bonds is 7. The van der Waals surface area contributed by atoms with Gasteiger partial charge < -0.3 is 19.3 Å². The molecule has 1 aliphatic heterocycles. The summed E-state index contributed by atoms with van der Waals surface area (Å²) in [4.78, 5) is 26.8. The normalized spacial score (nSPS) is 15.1. The van der Waals surface area contributed by atoms with E-state index in [2.05, 4.69) is 0 Å². The van der Waals surface area contributed by atoms with Crippen LogP contribution in [0, 0.1) is 0 Å². The van der Waals surface area contributed by atoms with Crippen LogP contribution in [0.2, 0.25) is 5.02 Å². The van der Waals surface area contributed by atoms with E-state index in [1.54, 1.807) is 30.2 Å². The van der Waals surface area contributed by atoms with E-state index in [1.165, 1.54) is 19.2 Å². The fourth-order valence-electron chi connectivity index (χ4n) is 4.32. The maximum Gasteiger partial charge on any atom is 0.335 e. The second kappa shape index (κ2) is 9.88. The number of methoxy groups -OCH3 is 2. The van der Waals surface area contributed by atoms with Gasteiger partial charge in [0.1, 0.15) is 5.75 Å². The lowest BCUT2D eigenvalue weighted by molar-refractivity contribution is -0.118. The largest absolute Gasteiger partial charge is 0.495 e. The Bertz CT molecular complexity index is 1270. The number of carbonyl (C=O) groups is 2. The van der Waals surface area contributed by atoms with Crippen LogP contribution < -0.4 is 19.1 Å². The van der Waals surface area contributed by atoms with Gasteiger partial charge in [-0.25, -0.2) is 4.79 Å². The number of carboxylic acid groups (broad SMARTS) is 1. The molecule has 35 heavy (non-hydrogen) atoms. The van der Waals surface area contributed by atoms with Gasteiger partial charge >= 0.3 is 5.97 Å². The van der Waals surface area contributed by atoms with Crippen LogP contribution in [0.25, 0.3) is 0 Å². The number of carbonyl (C=O) groups excluding carboxylic acids is 1. The Kier molecular flexibility index (Phi) is 6.89. The molecule has 1 N–H and O–H groups in total. The number of fused-ring (bicyclic) bond motifs is 1. The quantitative estimate of drug-likeness (QED) is 0.464. The average Bonchev–Trinajstić information content (AvgIpc) is 2.83. The number of carboxylic acids is 1. The van der Waals surface area contributed by atoms with Crippen molar-refractivity contribution in [3.05, 3.63) is 81.9 Å². The monoisotopic (exact) mass is 495 g/mol. The molecular weight excluding hydrogens is 470 g/mol. The number of halogens is 1. The van der Waals surface area contributed by atoms with Gasteiger partial charge in [-0.2, -0.15) is 0 Å². The molecule has 7 nitrogen and oxygen atoms in total. The summed E-state index contributed by atoms with van der Waals surface area (Å²) in [6.45, 7) is 3.86. The lowest BCUT2D eigenvalue weighted by Gasteiger charge is -2.38. The van der Waals surface area contributed by atoms with Gasteiger partial charge in [-0.15, -0.1) is 0 Å². The summed E-state index contributed by atoms with van der Waals surface area (Å²) < 4.78 is 17.1. The van der Waals surface area contributed by atoms with Crippen LogP contribution in [0.3, 0.4) is 0 Å². The second-order valence-corrected chi connectivity index (χ2v) is 8.89. The summed E-state index contributed by atoms with van der Waals surface area (Å²) >= 11 is 6.16. The Morgan fingerprint density at radius 2 is 1.69 bits per heavy atom. The SMILES string of the molecule is COc1cc2c(cc1OC(C)C)C(c1ccc(Cl)cc1)N(c1ccc(C(=O)O)cc1OC)C(=O)C2. The molecule has 1 atom stereocenters. The zero-order chi connectivity index (χ0) is 25.3. The molecule has 1 aliphatic rings. The zero-order valence-corrected chi connectivity index (χ0v) is 20.6. The van der Waals surface area contributed by atoms with E-state index < -0.39 is 12.0 Å². The lowest BCUT2D eigenvalue weighted by atomic mass is 9.86. The minimum Gasteiger partial charge on any atom is -0.495 e. The molecule has 8 heteroatoms. The Balaban J connectivity index is 1.96. The van der Waals surface area contributed by atoms with Crippen molar-refractivity contribution < 1.29 is 28.9 Å². The molecule has 1 unspecified atom stereocenters. The van der Waals surface area contributed by atoms with Crippen LogP contribution in [-0.4, -0.2) is 37.3 Å². The van der Waals surface area contributed by atoms with E-state index in [9.17, 15) is 14.7 Å². The summed E-state index contributed by atoms with van der Waals surface area (Å²) in [5, 5.41) is 10.00. The molecule has 0 saturated carbocycles. The van der Waals surface area contributed by atoms with E-state index in [4.69, 9.17) is 25.8 Å². The minimum absolute atomic E-state index is 0.0656. The van der Waals surface area contributed by atoms with Crippen LogP contribution >= 0.6 is 11.6 Å². The molecule has 3 aromatic rings. The number of hydrogen-bond donors (Lipinski definition) is 1. The fraction of sp³-hybridized carbons (Fsp3) is 0.259. The third-order valence-corrected chi connectivity index (χ3v) is 6.08. The van der Waals surface area contributed by atoms with Crippen LogP contribution in [0.4, 0.5) is 5.69 Å². The van der Waals surface area contributed by atoms with E-state index in [0.717, 1.165) is 16.7 Å². The standard InChI is InChI=1S/C27H26ClNO6/c1-15(2)35-24-14-20-18(12-23(24)34-4)13-25(30)29(26(20)16-5-8-19(28)9-6-16)21-10-7-17(27(31)32)11-22(21)33-3/h5-12,14-15,26H,13H2,1-4H3,(H,31,32). The first-order valence-electron chi connectivity index (χ1n) is 11.1. The number of aromatic carboxylic acids is 1. The highest BCUT2D eigenvalue weighted by Gasteiger charge is 2.37. The Hall–Kier alpha value is -3.71. The zero-order valence-electron chi connectivity index (χ0n) is 19.9. The molecule has 0 bridgehead atoms. The summed E-state index contributed by atoms with van der Waals surface area (Å²) in [5.41, 5.74) is 3.05. The number of ether oxygens (including phenoxy) is 3. The molecule has 0 aromatic heterocycles. The van der Waals surface area contributed by atoms with Gasteiger partial charge in [-0.1, -0.05) is 23.7 Å². The lowest BCUT2D eigenvalue weighted by Crippen LogP contribution is -2.41. The Labute approximate surface area is 208 Å². The van der Waals surface area contributed by atoms with Gasteiger partial charge in [0.25, 0.3) is 0 Å². The molecule has 3 aromatic carbocycles. The first kappa shape index (κ1) is 24.4. The van der Waals surface area contributed by atoms with E-state index in [1.807, 2.05) is 38.1 Å². The number of nitrogens with zero attached hydrogens (tertiary/aromatic N) is 1. The van der Waals surface area contributed by atoms with Crippen molar-refractivity contribution in [2.24, 2.45) is 0 Å². The van der Waals surface area contributed by atoms with Gasteiger partial charge in [0.2, 0.25) is 5.91 Å². The number of anilines is 1. The predicted octanol–water partition coefficient (Wildman–Crippen LogP) is 5.52. The fourth-order valence-corrected chi connectivity index (χ4v) is 4.44. The molecular formula is C27H26ClNO6. The molecule has 0 spiro atoms. The van der Waals surface area contributed by atoms with Crippen molar-refractivity contribution in [3.63, 3.8) is 0 Å². The topological polar surface area (TPSA) is 85.3 Å².